The van der Waals surface area contributed by atoms with E-state index in [1.54, 1.807) is 44.6 Å². The third kappa shape index (κ3) is 3.91. The number of amides is 1. The van der Waals surface area contributed by atoms with Crippen molar-refractivity contribution in [1.82, 2.24) is 5.32 Å². The van der Waals surface area contributed by atoms with Crippen molar-refractivity contribution >= 4 is 21.6 Å². The van der Waals surface area contributed by atoms with E-state index < -0.39 is 10.0 Å². The zero-order valence-corrected chi connectivity index (χ0v) is 17.2. The summed E-state index contributed by atoms with van der Waals surface area (Å²) < 4.78 is 35.7. The van der Waals surface area contributed by atoms with E-state index in [4.69, 9.17) is 9.47 Å². The third-order valence-electron chi connectivity index (χ3n) is 4.85. The van der Waals surface area contributed by atoms with Crippen molar-refractivity contribution in [1.29, 1.82) is 0 Å². The summed E-state index contributed by atoms with van der Waals surface area (Å²) in [4.78, 5) is 12.7. The number of nitrogens with one attached hydrogen (secondary N) is 1. The van der Waals surface area contributed by atoms with Gasteiger partial charge in [-0.15, -0.1) is 0 Å². The van der Waals surface area contributed by atoms with Crippen LogP contribution in [-0.4, -0.2) is 41.3 Å². The number of carbonyl (C=O) groups is 1. The van der Waals surface area contributed by atoms with Crippen LogP contribution in [0.2, 0.25) is 0 Å². The van der Waals surface area contributed by atoms with Crippen molar-refractivity contribution in [3.63, 3.8) is 0 Å². The second-order valence-corrected chi connectivity index (χ2v) is 8.64. The number of fused-ring (bicyclic) bond motifs is 1. The highest BCUT2D eigenvalue weighted by atomic mass is 32.2. The van der Waals surface area contributed by atoms with Crippen molar-refractivity contribution in [3.8, 4) is 11.5 Å². The lowest BCUT2D eigenvalue weighted by Gasteiger charge is -2.19. The zero-order chi connectivity index (χ0) is 20.5. The molecule has 28 heavy (non-hydrogen) atoms. The maximum absolute atomic E-state index is 12.7. The van der Waals surface area contributed by atoms with Gasteiger partial charge >= 0.3 is 0 Å². The molecule has 0 aromatic heterocycles. The Bertz CT molecular complexity index is 1000. The number of sulfonamides is 1. The summed E-state index contributed by atoms with van der Waals surface area (Å²) in [7, 11) is -0.152. The Morgan fingerprint density at radius 2 is 1.89 bits per heavy atom. The van der Waals surface area contributed by atoms with Crippen LogP contribution < -0.4 is 19.1 Å². The van der Waals surface area contributed by atoms with Crippen molar-refractivity contribution in [2.24, 2.45) is 0 Å². The summed E-state index contributed by atoms with van der Waals surface area (Å²) in [5.74, 6) is 1.10. The highest BCUT2D eigenvalue weighted by Gasteiger charge is 2.27. The van der Waals surface area contributed by atoms with Gasteiger partial charge in [0, 0.05) is 17.7 Å². The number of carbonyl (C=O) groups excluding carboxylic acids is 1. The Labute approximate surface area is 165 Å². The molecule has 7 nitrogen and oxygen atoms in total. The Morgan fingerprint density at radius 1 is 1.14 bits per heavy atom. The van der Waals surface area contributed by atoms with Crippen LogP contribution in [0, 0.1) is 0 Å². The van der Waals surface area contributed by atoms with Gasteiger partial charge in [0.1, 0.15) is 11.5 Å². The summed E-state index contributed by atoms with van der Waals surface area (Å²) in [5.41, 5.74) is 2.79. The fraction of sp³-hybridized carbons (Fsp3) is 0.350. The van der Waals surface area contributed by atoms with Crippen LogP contribution in [0.5, 0.6) is 11.5 Å². The first kappa shape index (κ1) is 20.0. The fourth-order valence-electron chi connectivity index (χ4n) is 3.39. The number of methoxy groups -OCH3 is 2. The largest absolute Gasteiger partial charge is 0.497 e. The average Bonchev–Trinajstić information content (AvgIpc) is 3.10. The molecule has 2 aromatic rings. The fourth-order valence-corrected chi connectivity index (χ4v) is 4.35. The SMILES string of the molecule is COc1ccc(OC)c([C@@H](C)NC(=O)c2ccc3c(c2)CCN3S(C)(=O)=O)c1. The molecule has 0 fully saturated rings. The second-order valence-electron chi connectivity index (χ2n) is 6.73. The molecule has 0 unspecified atom stereocenters. The van der Waals surface area contributed by atoms with E-state index >= 15 is 0 Å². The molecule has 0 spiro atoms. The van der Waals surface area contributed by atoms with Gasteiger partial charge < -0.3 is 14.8 Å². The van der Waals surface area contributed by atoms with Gasteiger partial charge in [-0.2, -0.15) is 0 Å². The first-order chi connectivity index (χ1) is 13.2. The van der Waals surface area contributed by atoms with Crippen LogP contribution in [0.1, 0.15) is 34.5 Å². The van der Waals surface area contributed by atoms with E-state index in [9.17, 15) is 13.2 Å². The number of rotatable bonds is 6. The summed E-state index contributed by atoms with van der Waals surface area (Å²) in [6.45, 7) is 2.27. The van der Waals surface area contributed by atoms with Gasteiger partial charge in [-0.25, -0.2) is 8.42 Å². The van der Waals surface area contributed by atoms with E-state index in [1.807, 2.05) is 13.0 Å². The predicted molar refractivity (Wildman–Crippen MR) is 108 cm³/mol. The summed E-state index contributed by atoms with van der Waals surface area (Å²) in [6.07, 6.45) is 1.77. The molecule has 0 saturated carbocycles. The number of anilines is 1. The van der Waals surface area contributed by atoms with E-state index in [-0.39, 0.29) is 11.9 Å². The quantitative estimate of drug-likeness (QED) is 0.800. The molecule has 8 heteroatoms. The van der Waals surface area contributed by atoms with Gasteiger partial charge in [-0.05, 0) is 55.3 Å². The summed E-state index contributed by atoms with van der Waals surface area (Å²) in [6, 6.07) is 10.2. The topological polar surface area (TPSA) is 84.9 Å². The molecule has 0 saturated heterocycles. The van der Waals surface area contributed by atoms with Crippen LogP contribution in [0.4, 0.5) is 5.69 Å². The van der Waals surface area contributed by atoms with Crippen LogP contribution in [-0.2, 0) is 16.4 Å². The lowest BCUT2D eigenvalue weighted by molar-refractivity contribution is 0.0939. The Balaban J connectivity index is 1.81. The number of hydrogen-bond donors (Lipinski definition) is 1. The third-order valence-corrected chi connectivity index (χ3v) is 6.03. The highest BCUT2D eigenvalue weighted by Crippen LogP contribution is 2.32. The zero-order valence-electron chi connectivity index (χ0n) is 16.4. The minimum atomic E-state index is -3.31. The molecule has 1 heterocycles. The van der Waals surface area contributed by atoms with Crippen LogP contribution in [0.15, 0.2) is 36.4 Å². The molecule has 1 atom stereocenters. The van der Waals surface area contributed by atoms with Gasteiger partial charge in [-0.1, -0.05) is 0 Å². The van der Waals surface area contributed by atoms with Gasteiger partial charge in [0.2, 0.25) is 10.0 Å². The van der Waals surface area contributed by atoms with Crippen LogP contribution >= 0.6 is 0 Å². The Hall–Kier alpha value is -2.74. The maximum Gasteiger partial charge on any atom is 0.251 e. The Kier molecular flexibility index (Phi) is 5.51. The molecule has 3 rings (SSSR count). The molecule has 1 aliphatic heterocycles. The first-order valence-corrected chi connectivity index (χ1v) is 10.7. The molecule has 2 aromatic carbocycles. The molecule has 1 aliphatic rings. The molecule has 1 N–H and O–H groups in total. The molecule has 1 amide bonds. The van der Waals surface area contributed by atoms with Gasteiger partial charge in [0.15, 0.2) is 0 Å². The number of ether oxygens (including phenoxy) is 2. The average molecular weight is 404 g/mol. The first-order valence-electron chi connectivity index (χ1n) is 8.88. The van der Waals surface area contributed by atoms with Crippen LogP contribution in [0.25, 0.3) is 0 Å². The van der Waals surface area contributed by atoms with Gasteiger partial charge in [-0.3, -0.25) is 9.10 Å². The smallest absolute Gasteiger partial charge is 0.251 e. The summed E-state index contributed by atoms with van der Waals surface area (Å²) >= 11 is 0. The molecular formula is C20H24N2O5S. The van der Waals surface area contributed by atoms with Crippen molar-refractivity contribution in [2.45, 2.75) is 19.4 Å². The molecule has 150 valence electrons. The highest BCUT2D eigenvalue weighted by molar-refractivity contribution is 7.92. The monoisotopic (exact) mass is 404 g/mol. The van der Waals surface area contributed by atoms with E-state index in [0.29, 0.717) is 35.7 Å². The lowest BCUT2D eigenvalue weighted by atomic mass is 10.0. The maximum atomic E-state index is 12.7. The van der Waals surface area contributed by atoms with Gasteiger partial charge in [0.25, 0.3) is 5.91 Å². The van der Waals surface area contributed by atoms with E-state index in [2.05, 4.69) is 5.32 Å². The minimum Gasteiger partial charge on any atom is -0.497 e. The lowest BCUT2D eigenvalue weighted by Crippen LogP contribution is -2.28. The standard InChI is InChI=1S/C20H24N2O5S/c1-13(17-12-16(26-2)6-8-19(17)27-3)21-20(23)15-5-7-18-14(11-15)9-10-22(18)28(4,24)25/h5-8,11-13H,9-10H2,1-4H3,(H,21,23)/t13-/m1/s1. The van der Waals surface area contributed by atoms with E-state index in [0.717, 1.165) is 11.1 Å². The van der Waals surface area contributed by atoms with Crippen molar-refractivity contribution < 1.29 is 22.7 Å². The summed E-state index contributed by atoms with van der Waals surface area (Å²) in [5, 5.41) is 2.96. The normalized spacial score (nSPS) is 14.4. The molecule has 0 radical (unpaired) electrons. The number of benzene rings is 2. The number of nitrogens with zero attached hydrogens (tertiary/aromatic N) is 1. The van der Waals surface area contributed by atoms with Crippen LogP contribution in [0.3, 0.4) is 0 Å². The molecular weight excluding hydrogens is 380 g/mol. The van der Waals surface area contributed by atoms with Gasteiger partial charge in [0.05, 0.1) is 32.2 Å². The Morgan fingerprint density at radius 3 is 2.54 bits per heavy atom. The van der Waals surface area contributed by atoms with E-state index in [1.165, 1.54) is 10.6 Å². The molecule has 0 bridgehead atoms. The number of hydrogen-bond acceptors (Lipinski definition) is 5. The van der Waals surface area contributed by atoms with Crippen molar-refractivity contribution in [3.05, 3.63) is 53.1 Å². The minimum absolute atomic E-state index is 0.238. The molecule has 0 aliphatic carbocycles. The predicted octanol–water partition coefficient (Wildman–Crippen LogP) is 2.52. The van der Waals surface area contributed by atoms with Crippen molar-refractivity contribution in [2.75, 3.05) is 31.3 Å². The second kappa shape index (κ2) is 7.71.